The lowest BCUT2D eigenvalue weighted by molar-refractivity contribution is 0.254. The number of imidazole rings is 2. The van der Waals surface area contributed by atoms with Crippen LogP contribution in [0.1, 0.15) is 19.8 Å². The Morgan fingerprint density at radius 1 is 0.725 bits per heavy atom. The lowest BCUT2D eigenvalue weighted by atomic mass is 10.1. The molecular formula is C31H36N6O3. The van der Waals surface area contributed by atoms with E-state index in [1.54, 1.807) is 21.3 Å². The normalized spacial score (nSPS) is 14.2. The number of methoxy groups -OCH3 is 3. The molecule has 0 atom stereocenters. The van der Waals surface area contributed by atoms with Crippen LogP contribution in [-0.2, 0) is 0 Å². The number of piperazine rings is 1. The summed E-state index contributed by atoms with van der Waals surface area (Å²) in [7, 11) is 4.81. The molecule has 3 aromatic carbocycles. The SMILES string of the molecule is CCCCN1CCN(c2ccc3nc(-c4ccc5nc(-c6cc(OC)c(OC)c(OC)c6)[nH]c5c4)[nH]c3c2)CC1. The molecule has 0 unspecified atom stereocenters. The summed E-state index contributed by atoms with van der Waals surface area (Å²) in [6.07, 6.45) is 2.53. The minimum absolute atomic E-state index is 0.550. The molecule has 9 nitrogen and oxygen atoms in total. The molecule has 1 aliphatic rings. The molecule has 0 aliphatic carbocycles. The summed E-state index contributed by atoms with van der Waals surface area (Å²) in [5.74, 6) is 3.27. The number of hydrogen-bond donors (Lipinski definition) is 2. The van der Waals surface area contributed by atoms with Crippen LogP contribution in [0.4, 0.5) is 5.69 Å². The molecule has 0 amide bonds. The van der Waals surface area contributed by atoms with Crippen LogP contribution in [0.2, 0.25) is 0 Å². The Morgan fingerprint density at radius 3 is 1.98 bits per heavy atom. The molecule has 5 aromatic rings. The second-order valence-corrected chi connectivity index (χ2v) is 10.2. The molecule has 1 aliphatic heterocycles. The van der Waals surface area contributed by atoms with Crippen LogP contribution in [0.5, 0.6) is 17.2 Å². The van der Waals surface area contributed by atoms with Gasteiger partial charge in [-0.15, -0.1) is 0 Å². The largest absolute Gasteiger partial charge is 0.493 e. The number of unbranched alkanes of at least 4 members (excludes halogenated alkanes) is 1. The third kappa shape index (κ3) is 4.93. The van der Waals surface area contributed by atoms with Gasteiger partial charge in [0.25, 0.3) is 0 Å². The van der Waals surface area contributed by atoms with Gasteiger partial charge in [-0.3, -0.25) is 4.90 Å². The van der Waals surface area contributed by atoms with Crippen molar-refractivity contribution in [2.24, 2.45) is 0 Å². The molecule has 9 heteroatoms. The third-order valence-electron chi connectivity index (χ3n) is 7.72. The van der Waals surface area contributed by atoms with E-state index in [0.717, 1.165) is 71.0 Å². The summed E-state index contributed by atoms with van der Waals surface area (Å²) >= 11 is 0. The van der Waals surface area contributed by atoms with Gasteiger partial charge in [-0.25, -0.2) is 9.97 Å². The molecule has 208 valence electrons. The Balaban J connectivity index is 1.25. The number of nitrogens with zero attached hydrogens (tertiary/aromatic N) is 4. The molecule has 6 rings (SSSR count). The van der Waals surface area contributed by atoms with Crippen LogP contribution in [-0.4, -0.2) is 78.9 Å². The van der Waals surface area contributed by atoms with Crippen molar-refractivity contribution < 1.29 is 14.2 Å². The zero-order valence-corrected chi connectivity index (χ0v) is 23.6. The van der Waals surface area contributed by atoms with Crippen molar-refractivity contribution in [1.82, 2.24) is 24.8 Å². The molecule has 2 aromatic heterocycles. The van der Waals surface area contributed by atoms with Gasteiger partial charge >= 0.3 is 0 Å². The highest BCUT2D eigenvalue weighted by Gasteiger charge is 2.19. The van der Waals surface area contributed by atoms with E-state index in [1.165, 1.54) is 25.1 Å². The van der Waals surface area contributed by atoms with Crippen molar-refractivity contribution in [3.05, 3.63) is 48.5 Å². The second-order valence-electron chi connectivity index (χ2n) is 10.2. The number of rotatable bonds is 9. The third-order valence-corrected chi connectivity index (χ3v) is 7.72. The van der Waals surface area contributed by atoms with Gasteiger partial charge in [0.15, 0.2) is 11.5 Å². The fraction of sp³-hybridized carbons (Fsp3) is 0.355. The fourth-order valence-electron chi connectivity index (χ4n) is 5.45. The lowest BCUT2D eigenvalue weighted by Gasteiger charge is -2.36. The van der Waals surface area contributed by atoms with Gasteiger partial charge in [0.05, 0.1) is 43.4 Å². The van der Waals surface area contributed by atoms with Crippen molar-refractivity contribution in [2.45, 2.75) is 19.8 Å². The zero-order valence-electron chi connectivity index (χ0n) is 23.6. The molecule has 40 heavy (non-hydrogen) atoms. The summed E-state index contributed by atoms with van der Waals surface area (Å²) in [5, 5.41) is 0. The Hall–Kier alpha value is -4.24. The van der Waals surface area contributed by atoms with Crippen LogP contribution in [0.3, 0.4) is 0 Å². The first-order valence-corrected chi connectivity index (χ1v) is 13.9. The average molecular weight is 541 g/mol. The first-order valence-electron chi connectivity index (χ1n) is 13.9. The predicted molar refractivity (Wildman–Crippen MR) is 160 cm³/mol. The summed E-state index contributed by atoms with van der Waals surface area (Å²) in [4.78, 5) is 21.7. The highest BCUT2D eigenvalue weighted by atomic mass is 16.5. The van der Waals surface area contributed by atoms with E-state index in [1.807, 2.05) is 18.2 Å². The summed E-state index contributed by atoms with van der Waals surface area (Å²) in [6, 6.07) is 16.5. The van der Waals surface area contributed by atoms with E-state index in [0.29, 0.717) is 17.2 Å². The Kier molecular flexibility index (Phi) is 7.21. The van der Waals surface area contributed by atoms with Crippen LogP contribution in [0.15, 0.2) is 48.5 Å². The van der Waals surface area contributed by atoms with E-state index < -0.39 is 0 Å². The highest BCUT2D eigenvalue weighted by Crippen LogP contribution is 2.41. The maximum absolute atomic E-state index is 5.52. The smallest absolute Gasteiger partial charge is 0.203 e. The Bertz CT molecular complexity index is 1610. The van der Waals surface area contributed by atoms with Gasteiger partial charge in [-0.1, -0.05) is 13.3 Å². The van der Waals surface area contributed by atoms with Crippen LogP contribution >= 0.6 is 0 Å². The van der Waals surface area contributed by atoms with Crippen molar-refractivity contribution in [2.75, 3.05) is 59.0 Å². The average Bonchev–Trinajstić information content (AvgIpc) is 3.63. The molecule has 0 bridgehead atoms. The number of ether oxygens (including phenoxy) is 3. The van der Waals surface area contributed by atoms with Gasteiger partial charge in [-0.05, 0) is 61.5 Å². The number of anilines is 1. The fourth-order valence-corrected chi connectivity index (χ4v) is 5.45. The highest BCUT2D eigenvalue weighted by molar-refractivity contribution is 5.87. The number of fused-ring (bicyclic) bond motifs is 2. The predicted octanol–water partition coefficient (Wildman–Crippen LogP) is 5.72. The topological polar surface area (TPSA) is 91.5 Å². The van der Waals surface area contributed by atoms with Gasteiger partial charge < -0.3 is 29.1 Å². The van der Waals surface area contributed by atoms with E-state index in [-0.39, 0.29) is 0 Å². The number of H-pyrrole nitrogens is 2. The molecule has 2 N–H and O–H groups in total. The first-order chi connectivity index (χ1) is 19.6. The Morgan fingerprint density at radius 2 is 1.35 bits per heavy atom. The molecule has 1 fully saturated rings. The maximum Gasteiger partial charge on any atom is 0.203 e. The number of nitrogens with one attached hydrogen (secondary N) is 2. The minimum atomic E-state index is 0.550. The van der Waals surface area contributed by atoms with Crippen molar-refractivity contribution >= 4 is 27.8 Å². The van der Waals surface area contributed by atoms with Gasteiger partial charge in [0.2, 0.25) is 5.75 Å². The molecule has 0 spiro atoms. The number of hydrogen-bond acceptors (Lipinski definition) is 7. The van der Waals surface area contributed by atoms with Crippen LogP contribution in [0.25, 0.3) is 44.8 Å². The summed E-state index contributed by atoms with van der Waals surface area (Å²) in [5.41, 5.74) is 6.88. The van der Waals surface area contributed by atoms with Gasteiger partial charge in [-0.2, -0.15) is 0 Å². The van der Waals surface area contributed by atoms with E-state index in [2.05, 4.69) is 57.0 Å². The van der Waals surface area contributed by atoms with Crippen molar-refractivity contribution in [1.29, 1.82) is 0 Å². The number of aromatic amines is 2. The van der Waals surface area contributed by atoms with Gasteiger partial charge in [0.1, 0.15) is 11.6 Å². The molecule has 1 saturated heterocycles. The minimum Gasteiger partial charge on any atom is -0.493 e. The van der Waals surface area contributed by atoms with E-state index in [4.69, 9.17) is 24.2 Å². The summed E-state index contributed by atoms with van der Waals surface area (Å²) in [6.45, 7) is 7.81. The molecule has 0 saturated carbocycles. The van der Waals surface area contributed by atoms with Crippen LogP contribution < -0.4 is 19.1 Å². The zero-order chi connectivity index (χ0) is 27.6. The molecule has 3 heterocycles. The molecule has 0 radical (unpaired) electrons. The number of aromatic nitrogens is 4. The lowest BCUT2D eigenvalue weighted by Crippen LogP contribution is -2.46. The van der Waals surface area contributed by atoms with Crippen LogP contribution in [0, 0.1) is 0 Å². The molecular weight excluding hydrogens is 504 g/mol. The quantitative estimate of drug-likeness (QED) is 0.247. The maximum atomic E-state index is 5.52. The van der Waals surface area contributed by atoms with Crippen molar-refractivity contribution in [3.63, 3.8) is 0 Å². The number of benzene rings is 3. The van der Waals surface area contributed by atoms with E-state index >= 15 is 0 Å². The first kappa shape index (κ1) is 26.0. The van der Waals surface area contributed by atoms with Gasteiger partial charge in [0, 0.05) is 43.0 Å². The second kappa shape index (κ2) is 11.1. The monoisotopic (exact) mass is 540 g/mol. The summed E-state index contributed by atoms with van der Waals surface area (Å²) < 4.78 is 16.5. The van der Waals surface area contributed by atoms with Crippen molar-refractivity contribution in [3.8, 4) is 40.0 Å². The standard InChI is InChI=1S/C31H36N6O3/c1-5-6-11-36-12-14-37(15-13-36)22-8-10-24-26(19-22)35-30(32-24)20-7-9-23-25(16-20)34-31(33-23)21-17-27(38-2)29(40-4)28(18-21)39-3/h7-10,16-19H,5-6,11-15H2,1-4H3,(H,32,35)(H,33,34). The van der Waals surface area contributed by atoms with E-state index in [9.17, 15) is 0 Å². The Labute approximate surface area is 234 Å².